The molecule has 24 heavy (non-hydrogen) atoms. The molecule has 2 aromatic carbocycles. The van der Waals surface area contributed by atoms with E-state index in [1.165, 1.54) is 24.3 Å². The number of aromatic hydroxyl groups is 1. The topological polar surface area (TPSA) is 95.9 Å². The normalized spacial score (nSPS) is 10.2. The quantitative estimate of drug-likeness (QED) is 0.696. The zero-order valence-electron chi connectivity index (χ0n) is 12.3. The number of benzene rings is 2. The Kier molecular flexibility index (Phi) is 5.75. The van der Waals surface area contributed by atoms with Crippen LogP contribution in [-0.2, 0) is 11.3 Å². The lowest BCUT2D eigenvalue weighted by Gasteiger charge is -2.11. The fraction of sp³-hybridized carbons (Fsp3) is 0.125. The number of rotatable bonds is 6. The number of nitrogens with one attached hydrogen (secondary N) is 1. The number of phenolic OH excluding ortho intramolecular Hbond substituents is 1. The average molecular weight is 398 g/mol. The summed E-state index contributed by atoms with van der Waals surface area (Å²) in [4.78, 5) is 22.8. The van der Waals surface area contributed by atoms with E-state index in [0.717, 1.165) is 6.07 Å². The minimum Gasteiger partial charge on any atom is -0.508 e. The summed E-state index contributed by atoms with van der Waals surface area (Å²) in [6.07, 6.45) is 0. The van der Waals surface area contributed by atoms with E-state index >= 15 is 0 Å². The highest BCUT2D eigenvalue weighted by atomic mass is 79.9. The summed E-state index contributed by atoms with van der Waals surface area (Å²) in [5.41, 5.74) is 0.230. The molecule has 0 spiro atoms. The fourth-order valence-corrected chi connectivity index (χ4v) is 2.23. The third kappa shape index (κ3) is 4.69. The molecule has 0 aliphatic rings. The molecule has 2 rings (SSSR count). The molecule has 0 radical (unpaired) electrons. The highest BCUT2D eigenvalue weighted by Crippen LogP contribution is 2.24. The summed E-state index contributed by atoms with van der Waals surface area (Å²) in [5.74, 6) is -2.50. The molecule has 0 aliphatic heterocycles. The number of carbonyl (C=O) groups excluding carboxylic acids is 1. The van der Waals surface area contributed by atoms with Crippen molar-refractivity contribution in [3.8, 4) is 11.5 Å². The number of aliphatic carboxylic acids is 1. The van der Waals surface area contributed by atoms with Crippen LogP contribution in [0.2, 0.25) is 0 Å². The van der Waals surface area contributed by atoms with E-state index in [4.69, 9.17) is 9.84 Å². The van der Waals surface area contributed by atoms with Gasteiger partial charge in [0.1, 0.15) is 17.3 Å². The molecule has 3 N–H and O–H groups in total. The molecule has 0 saturated carbocycles. The molecule has 6 nitrogen and oxygen atoms in total. The number of ether oxygens (including phenoxy) is 1. The number of carbonyl (C=O) groups is 2. The van der Waals surface area contributed by atoms with Crippen molar-refractivity contribution in [2.24, 2.45) is 0 Å². The maximum atomic E-state index is 13.7. The Morgan fingerprint density at radius 2 is 1.96 bits per heavy atom. The predicted octanol–water partition coefficient (Wildman–Crippen LogP) is 2.69. The van der Waals surface area contributed by atoms with E-state index in [-0.39, 0.29) is 29.2 Å². The summed E-state index contributed by atoms with van der Waals surface area (Å²) >= 11 is 3.14. The SMILES string of the molecule is O=C(O)COc1ccc(O)cc1C(=O)NCc1ccc(Br)cc1F. The van der Waals surface area contributed by atoms with Gasteiger partial charge in [0.05, 0.1) is 5.56 Å². The molecule has 0 atom stereocenters. The van der Waals surface area contributed by atoms with Gasteiger partial charge in [0, 0.05) is 16.6 Å². The van der Waals surface area contributed by atoms with Crippen LogP contribution in [0.5, 0.6) is 11.5 Å². The highest BCUT2D eigenvalue weighted by Gasteiger charge is 2.15. The molecule has 1 amide bonds. The molecule has 2 aromatic rings. The number of carboxylic acids is 1. The van der Waals surface area contributed by atoms with Crippen molar-refractivity contribution in [3.63, 3.8) is 0 Å². The van der Waals surface area contributed by atoms with Gasteiger partial charge in [-0.3, -0.25) is 4.79 Å². The molecule has 0 fully saturated rings. The summed E-state index contributed by atoms with van der Waals surface area (Å²) < 4.78 is 19.3. The zero-order valence-corrected chi connectivity index (χ0v) is 13.8. The summed E-state index contributed by atoms with van der Waals surface area (Å²) in [6, 6.07) is 8.13. The molecule has 0 unspecified atom stereocenters. The highest BCUT2D eigenvalue weighted by molar-refractivity contribution is 9.10. The van der Waals surface area contributed by atoms with Gasteiger partial charge < -0.3 is 20.3 Å². The molecule has 0 aromatic heterocycles. The number of hydrogen-bond donors (Lipinski definition) is 3. The van der Waals surface area contributed by atoms with E-state index < -0.39 is 24.3 Å². The van der Waals surface area contributed by atoms with Gasteiger partial charge in [-0.1, -0.05) is 22.0 Å². The van der Waals surface area contributed by atoms with Gasteiger partial charge in [0.15, 0.2) is 6.61 Å². The second kappa shape index (κ2) is 7.78. The summed E-state index contributed by atoms with van der Waals surface area (Å²) in [6.45, 7) is -0.710. The van der Waals surface area contributed by atoms with Gasteiger partial charge in [0.2, 0.25) is 0 Å². The molecule has 0 aliphatic carbocycles. The zero-order chi connectivity index (χ0) is 17.7. The fourth-order valence-electron chi connectivity index (χ4n) is 1.90. The van der Waals surface area contributed by atoms with Crippen LogP contribution in [0.15, 0.2) is 40.9 Å². The lowest BCUT2D eigenvalue weighted by atomic mass is 10.1. The number of hydrogen-bond acceptors (Lipinski definition) is 4. The minimum absolute atomic E-state index is 0.00368. The number of halogens is 2. The van der Waals surface area contributed by atoms with Crippen molar-refractivity contribution in [3.05, 3.63) is 57.8 Å². The van der Waals surface area contributed by atoms with Crippen LogP contribution in [0.25, 0.3) is 0 Å². The summed E-state index contributed by atoms with van der Waals surface area (Å²) in [7, 11) is 0. The third-order valence-electron chi connectivity index (χ3n) is 3.01. The van der Waals surface area contributed by atoms with Crippen molar-refractivity contribution in [1.29, 1.82) is 0 Å². The minimum atomic E-state index is -1.20. The van der Waals surface area contributed by atoms with E-state index in [9.17, 15) is 19.1 Å². The first kappa shape index (κ1) is 17.7. The predicted molar refractivity (Wildman–Crippen MR) is 86.5 cm³/mol. The second-order valence-electron chi connectivity index (χ2n) is 4.78. The van der Waals surface area contributed by atoms with Gasteiger partial charge >= 0.3 is 5.97 Å². The standard InChI is InChI=1S/C16H13BrFNO5/c17-10-2-1-9(13(18)5-10)7-19-16(23)12-6-11(20)3-4-14(12)24-8-15(21)22/h1-6,20H,7-8H2,(H,19,23)(H,21,22). The molecule has 0 saturated heterocycles. The molecule has 0 bridgehead atoms. The first-order chi connectivity index (χ1) is 11.4. The number of carboxylic acid groups (broad SMARTS) is 1. The maximum Gasteiger partial charge on any atom is 0.341 e. The van der Waals surface area contributed by atoms with Crippen molar-refractivity contribution in [2.75, 3.05) is 6.61 Å². The van der Waals surface area contributed by atoms with Crippen molar-refractivity contribution in [2.45, 2.75) is 6.54 Å². The second-order valence-corrected chi connectivity index (χ2v) is 5.70. The number of amides is 1. The van der Waals surface area contributed by atoms with Crippen molar-refractivity contribution >= 4 is 27.8 Å². The first-order valence-electron chi connectivity index (χ1n) is 6.76. The molecule has 126 valence electrons. The van der Waals surface area contributed by atoms with Crippen LogP contribution in [0.3, 0.4) is 0 Å². The van der Waals surface area contributed by atoms with Gasteiger partial charge in [-0.05, 0) is 30.3 Å². The van der Waals surface area contributed by atoms with Crippen LogP contribution in [0.4, 0.5) is 4.39 Å². The maximum absolute atomic E-state index is 13.7. The van der Waals surface area contributed by atoms with E-state index in [1.807, 2.05) is 0 Å². The smallest absolute Gasteiger partial charge is 0.341 e. The van der Waals surface area contributed by atoms with Crippen LogP contribution >= 0.6 is 15.9 Å². The Labute approximate surface area is 145 Å². The average Bonchev–Trinajstić information content (AvgIpc) is 2.52. The third-order valence-corrected chi connectivity index (χ3v) is 3.51. The van der Waals surface area contributed by atoms with E-state index in [2.05, 4.69) is 21.2 Å². The Morgan fingerprint density at radius 1 is 1.21 bits per heavy atom. The Morgan fingerprint density at radius 3 is 2.62 bits per heavy atom. The van der Waals surface area contributed by atoms with Crippen molar-refractivity contribution in [1.82, 2.24) is 5.32 Å². The Hall–Kier alpha value is -2.61. The van der Waals surface area contributed by atoms with E-state index in [1.54, 1.807) is 6.07 Å². The van der Waals surface area contributed by atoms with Gasteiger partial charge in [-0.15, -0.1) is 0 Å². The van der Waals surface area contributed by atoms with Crippen molar-refractivity contribution < 1.29 is 28.9 Å². The van der Waals surface area contributed by atoms with Crippen LogP contribution in [0, 0.1) is 5.82 Å². The van der Waals surface area contributed by atoms with Gasteiger partial charge in [-0.25, -0.2) is 9.18 Å². The largest absolute Gasteiger partial charge is 0.508 e. The lowest BCUT2D eigenvalue weighted by molar-refractivity contribution is -0.139. The van der Waals surface area contributed by atoms with Crippen LogP contribution in [-0.4, -0.2) is 28.7 Å². The Bertz CT molecular complexity index is 781. The molecular weight excluding hydrogens is 385 g/mol. The molecule has 8 heteroatoms. The monoisotopic (exact) mass is 397 g/mol. The Balaban J connectivity index is 2.13. The van der Waals surface area contributed by atoms with Crippen LogP contribution in [0.1, 0.15) is 15.9 Å². The first-order valence-corrected chi connectivity index (χ1v) is 7.56. The molecular formula is C16H13BrFNO5. The van der Waals surface area contributed by atoms with Crippen LogP contribution < -0.4 is 10.1 Å². The lowest BCUT2D eigenvalue weighted by Crippen LogP contribution is -2.24. The molecule has 0 heterocycles. The number of phenols is 1. The van der Waals surface area contributed by atoms with E-state index in [0.29, 0.717) is 4.47 Å². The summed E-state index contributed by atoms with van der Waals surface area (Å²) in [5, 5.41) is 20.6. The van der Waals surface area contributed by atoms with Gasteiger partial charge in [-0.2, -0.15) is 0 Å². The van der Waals surface area contributed by atoms with Gasteiger partial charge in [0.25, 0.3) is 5.91 Å².